The number of hydrogen-bond donors (Lipinski definition) is 2. The third-order valence-electron chi connectivity index (χ3n) is 2.48. The number of nitrogen functional groups attached to an aromatic ring is 1. The van der Waals surface area contributed by atoms with E-state index in [4.69, 9.17) is 5.73 Å². The third-order valence-corrected chi connectivity index (χ3v) is 4.05. The summed E-state index contributed by atoms with van der Waals surface area (Å²) < 4.78 is 1.12. The van der Waals surface area contributed by atoms with Gasteiger partial charge in [-0.15, -0.1) is 22.7 Å². The van der Waals surface area contributed by atoms with Crippen molar-refractivity contribution in [2.75, 3.05) is 11.1 Å². The molecule has 0 aliphatic rings. The van der Waals surface area contributed by atoms with Gasteiger partial charge in [0.1, 0.15) is 5.52 Å². The molecule has 86 valence electrons. The second kappa shape index (κ2) is 4.31. The Morgan fingerprint density at radius 2 is 2.18 bits per heavy atom. The van der Waals surface area contributed by atoms with Crippen LogP contribution in [-0.2, 0) is 6.54 Å². The maximum Gasteiger partial charge on any atom is 0.106 e. The Labute approximate surface area is 106 Å². The minimum atomic E-state index is 0.716. The van der Waals surface area contributed by atoms with Gasteiger partial charge in [0.2, 0.25) is 0 Å². The standard InChI is InChI=1S/C11H10N4S2/c12-10-8(14-4-7-3-13-5-16-7)1-2-9-11(10)15-6-17-9/h1-3,5-6,14H,4,12H2. The highest BCUT2D eigenvalue weighted by Gasteiger charge is 2.06. The molecule has 0 unspecified atom stereocenters. The van der Waals surface area contributed by atoms with Crippen LogP contribution in [0.2, 0.25) is 0 Å². The first kappa shape index (κ1) is 10.5. The molecular weight excluding hydrogens is 252 g/mol. The van der Waals surface area contributed by atoms with E-state index in [1.54, 1.807) is 22.7 Å². The van der Waals surface area contributed by atoms with Crippen molar-refractivity contribution in [2.24, 2.45) is 0 Å². The summed E-state index contributed by atoms with van der Waals surface area (Å²) in [6.07, 6.45) is 1.86. The second-order valence-corrected chi connectivity index (χ2v) is 5.40. The van der Waals surface area contributed by atoms with Gasteiger partial charge in [0.25, 0.3) is 0 Å². The van der Waals surface area contributed by atoms with Crippen LogP contribution in [0.4, 0.5) is 11.4 Å². The summed E-state index contributed by atoms with van der Waals surface area (Å²) in [7, 11) is 0. The minimum absolute atomic E-state index is 0.716. The van der Waals surface area contributed by atoms with Crippen LogP contribution in [0.15, 0.2) is 29.4 Å². The number of nitrogens with two attached hydrogens (primary N) is 1. The number of nitrogens with zero attached hydrogens (tertiary/aromatic N) is 2. The Bertz CT molecular complexity index is 630. The molecule has 0 spiro atoms. The Kier molecular flexibility index (Phi) is 2.66. The van der Waals surface area contributed by atoms with Crippen molar-refractivity contribution in [3.05, 3.63) is 34.2 Å². The first-order valence-corrected chi connectivity index (χ1v) is 6.83. The Balaban J connectivity index is 1.87. The van der Waals surface area contributed by atoms with E-state index in [1.807, 2.05) is 29.4 Å². The summed E-state index contributed by atoms with van der Waals surface area (Å²) in [5.74, 6) is 0. The molecule has 0 atom stereocenters. The summed E-state index contributed by atoms with van der Waals surface area (Å²) in [5.41, 5.74) is 12.2. The van der Waals surface area contributed by atoms with Crippen LogP contribution in [0.5, 0.6) is 0 Å². The first-order chi connectivity index (χ1) is 8.34. The van der Waals surface area contributed by atoms with Gasteiger partial charge in [0, 0.05) is 11.1 Å². The van der Waals surface area contributed by atoms with Crippen LogP contribution in [0.1, 0.15) is 4.88 Å². The molecule has 3 rings (SSSR count). The summed E-state index contributed by atoms with van der Waals surface area (Å²) >= 11 is 3.22. The van der Waals surface area contributed by atoms with E-state index in [0.29, 0.717) is 5.69 Å². The topological polar surface area (TPSA) is 63.8 Å². The molecule has 0 aliphatic heterocycles. The van der Waals surface area contributed by atoms with Crippen LogP contribution in [0.25, 0.3) is 10.2 Å². The largest absolute Gasteiger partial charge is 0.395 e. The molecule has 0 saturated heterocycles. The van der Waals surface area contributed by atoms with Crippen molar-refractivity contribution in [3.8, 4) is 0 Å². The lowest BCUT2D eigenvalue weighted by Gasteiger charge is -2.08. The molecule has 0 fully saturated rings. The van der Waals surface area contributed by atoms with Gasteiger partial charge in [0.15, 0.2) is 0 Å². The second-order valence-electron chi connectivity index (χ2n) is 3.55. The van der Waals surface area contributed by atoms with Gasteiger partial charge in [0.05, 0.1) is 33.6 Å². The number of fused-ring (bicyclic) bond motifs is 1. The summed E-state index contributed by atoms with van der Waals surface area (Å²) in [6, 6.07) is 4.04. The van der Waals surface area contributed by atoms with Gasteiger partial charge in [-0.2, -0.15) is 0 Å². The molecule has 0 amide bonds. The van der Waals surface area contributed by atoms with Crippen LogP contribution in [-0.4, -0.2) is 9.97 Å². The monoisotopic (exact) mass is 262 g/mol. The van der Waals surface area contributed by atoms with E-state index in [0.717, 1.165) is 22.4 Å². The highest BCUT2D eigenvalue weighted by Crippen LogP contribution is 2.30. The fourth-order valence-electron chi connectivity index (χ4n) is 1.62. The molecule has 1 aromatic carbocycles. The normalized spacial score (nSPS) is 10.8. The number of benzene rings is 1. The zero-order chi connectivity index (χ0) is 11.7. The maximum atomic E-state index is 6.07. The predicted octanol–water partition coefficient (Wildman–Crippen LogP) is 2.95. The predicted molar refractivity (Wildman–Crippen MR) is 73.5 cm³/mol. The molecule has 0 saturated carbocycles. The average molecular weight is 262 g/mol. The molecule has 17 heavy (non-hydrogen) atoms. The van der Waals surface area contributed by atoms with Gasteiger partial charge in [-0.1, -0.05) is 0 Å². The molecule has 0 bridgehead atoms. The van der Waals surface area contributed by atoms with Gasteiger partial charge < -0.3 is 11.1 Å². The van der Waals surface area contributed by atoms with Gasteiger partial charge >= 0.3 is 0 Å². The van der Waals surface area contributed by atoms with E-state index in [9.17, 15) is 0 Å². The lowest BCUT2D eigenvalue weighted by atomic mass is 10.2. The molecule has 6 heteroatoms. The molecule has 4 nitrogen and oxygen atoms in total. The Morgan fingerprint density at radius 1 is 1.24 bits per heavy atom. The molecule has 0 aliphatic carbocycles. The number of thiazole rings is 2. The molecule has 3 aromatic rings. The molecule has 0 radical (unpaired) electrons. The SMILES string of the molecule is Nc1c(NCc2cncs2)ccc2scnc12. The molecular formula is C11H10N4S2. The van der Waals surface area contributed by atoms with Crippen molar-refractivity contribution >= 4 is 44.3 Å². The van der Waals surface area contributed by atoms with Crippen LogP contribution < -0.4 is 11.1 Å². The fraction of sp³-hybridized carbons (Fsp3) is 0.0909. The van der Waals surface area contributed by atoms with E-state index >= 15 is 0 Å². The number of hydrogen-bond acceptors (Lipinski definition) is 6. The average Bonchev–Trinajstić information content (AvgIpc) is 2.99. The zero-order valence-corrected chi connectivity index (χ0v) is 10.5. The van der Waals surface area contributed by atoms with Crippen LogP contribution >= 0.6 is 22.7 Å². The number of rotatable bonds is 3. The van der Waals surface area contributed by atoms with Crippen molar-refractivity contribution in [3.63, 3.8) is 0 Å². The van der Waals surface area contributed by atoms with E-state index in [2.05, 4.69) is 15.3 Å². The number of nitrogens with one attached hydrogen (secondary N) is 1. The summed E-state index contributed by atoms with van der Waals surface area (Å²) in [6.45, 7) is 0.741. The maximum absolute atomic E-state index is 6.07. The first-order valence-electron chi connectivity index (χ1n) is 5.07. The quantitative estimate of drug-likeness (QED) is 0.712. The van der Waals surface area contributed by atoms with Gasteiger partial charge in [-0.25, -0.2) is 4.98 Å². The van der Waals surface area contributed by atoms with Crippen molar-refractivity contribution < 1.29 is 0 Å². The summed E-state index contributed by atoms with van der Waals surface area (Å²) in [5, 5.41) is 3.31. The zero-order valence-electron chi connectivity index (χ0n) is 8.88. The highest BCUT2D eigenvalue weighted by molar-refractivity contribution is 7.16. The fourth-order valence-corrected chi connectivity index (χ4v) is 2.84. The van der Waals surface area contributed by atoms with E-state index in [-0.39, 0.29) is 0 Å². The number of anilines is 2. The smallest absolute Gasteiger partial charge is 0.106 e. The highest BCUT2D eigenvalue weighted by atomic mass is 32.1. The van der Waals surface area contributed by atoms with E-state index in [1.165, 1.54) is 4.88 Å². The Morgan fingerprint density at radius 3 is 3.00 bits per heavy atom. The van der Waals surface area contributed by atoms with Crippen molar-refractivity contribution in [2.45, 2.75) is 6.54 Å². The third kappa shape index (κ3) is 1.96. The van der Waals surface area contributed by atoms with Crippen molar-refractivity contribution in [1.29, 1.82) is 0 Å². The number of aromatic nitrogens is 2. The minimum Gasteiger partial charge on any atom is -0.395 e. The lowest BCUT2D eigenvalue weighted by molar-refractivity contribution is 1.18. The van der Waals surface area contributed by atoms with Crippen LogP contribution in [0, 0.1) is 0 Å². The lowest BCUT2D eigenvalue weighted by Crippen LogP contribution is -2.01. The molecule has 3 N–H and O–H groups in total. The van der Waals surface area contributed by atoms with Gasteiger partial charge in [-0.3, -0.25) is 4.98 Å². The van der Waals surface area contributed by atoms with E-state index < -0.39 is 0 Å². The Hall–Kier alpha value is -1.66. The molecule has 2 heterocycles. The molecule has 2 aromatic heterocycles. The van der Waals surface area contributed by atoms with Gasteiger partial charge in [-0.05, 0) is 12.1 Å². The summed E-state index contributed by atoms with van der Waals surface area (Å²) in [4.78, 5) is 9.49. The van der Waals surface area contributed by atoms with Crippen molar-refractivity contribution in [1.82, 2.24) is 9.97 Å². The van der Waals surface area contributed by atoms with Crippen LogP contribution in [0.3, 0.4) is 0 Å².